The van der Waals surface area contributed by atoms with Crippen LogP contribution < -0.4 is 16.4 Å². The molecule has 8 nitrogen and oxygen atoms in total. The number of amides is 1. The number of benzene rings is 1. The lowest BCUT2D eigenvalue weighted by molar-refractivity contribution is -0.128. The number of carbonyl (C=O) groups excluding carboxylic acids is 1. The highest BCUT2D eigenvalue weighted by molar-refractivity contribution is 6.36. The molecule has 5 rings (SSSR count). The maximum absolute atomic E-state index is 14.7. The van der Waals surface area contributed by atoms with Crippen LogP contribution in [-0.4, -0.2) is 31.5 Å². The van der Waals surface area contributed by atoms with Crippen LogP contribution in [0.5, 0.6) is 0 Å². The topological polar surface area (TPSA) is 111 Å². The summed E-state index contributed by atoms with van der Waals surface area (Å²) in [4.78, 5) is 25.8. The fourth-order valence-electron chi connectivity index (χ4n) is 4.65. The van der Waals surface area contributed by atoms with Gasteiger partial charge in [0, 0.05) is 22.5 Å². The van der Waals surface area contributed by atoms with Crippen LogP contribution in [0.15, 0.2) is 18.3 Å². The smallest absolute Gasteiger partial charge is 0.224 e. The Bertz CT molecular complexity index is 1230. The number of imidazole rings is 1. The van der Waals surface area contributed by atoms with Crippen LogP contribution in [0.3, 0.4) is 0 Å². The van der Waals surface area contributed by atoms with Gasteiger partial charge in [-0.2, -0.15) is 4.98 Å². The van der Waals surface area contributed by atoms with Crippen LogP contribution in [0.25, 0.3) is 11.2 Å². The minimum Gasteiger partial charge on any atom is -0.369 e. The minimum atomic E-state index is -0.584. The van der Waals surface area contributed by atoms with Crippen LogP contribution in [-0.2, 0) is 4.79 Å². The molecule has 4 N–H and O–H groups in total. The van der Waals surface area contributed by atoms with Crippen molar-refractivity contribution < 1.29 is 9.18 Å². The Balaban J connectivity index is 1.55. The van der Waals surface area contributed by atoms with Crippen molar-refractivity contribution in [2.75, 3.05) is 10.6 Å². The van der Waals surface area contributed by atoms with Crippen molar-refractivity contribution in [1.29, 1.82) is 0 Å². The molecule has 1 amide bonds. The number of rotatable bonds is 6. The number of anilines is 3. The molecule has 2 aliphatic rings. The molecule has 34 heavy (non-hydrogen) atoms. The lowest BCUT2D eigenvalue weighted by atomic mass is 9.73. The summed E-state index contributed by atoms with van der Waals surface area (Å²) < 4.78 is 16.7. The second-order valence-corrected chi connectivity index (χ2v) is 10.3. The van der Waals surface area contributed by atoms with Gasteiger partial charge in [0.2, 0.25) is 17.8 Å². The maximum atomic E-state index is 14.7. The Kier molecular flexibility index (Phi) is 6.02. The summed E-state index contributed by atoms with van der Waals surface area (Å²) in [5.41, 5.74) is 6.41. The van der Waals surface area contributed by atoms with E-state index in [-0.39, 0.29) is 27.7 Å². The normalized spacial score (nSPS) is 23.0. The molecule has 0 spiro atoms. The van der Waals surface area contributed by atoms with E-state index >= 15 is 0 Å². The highest BCUT2D eigenvalue weighted by atomic mass is 35.5. The molecule has 2 aromatic heterocycles. The Morgan fingerprint density at radius 3 is 2.56 bits per heavy atom. The number of carbonyl (C=O) groups is 1. The van der Waals surface area contributed by atoms with E-state index in [1.165, 1.54) is 18.6 Å². The number of hydrogen-bond acceptors (Lipinski definition) is 6. The zero-order valence-electron chi connectivity index (χ0n) is 18.7. The minimum absolute atomic E-state index is 0.0134. The molecule has 0 radical (unpaired) electrons. The first-order valence-electron chi connectivity index (χ1n) is 11.5. The molecule has 0 atom stereocenters. The molecule has 3 aromatic rings. The van der Waals surface area contributed by atoms with E-state index in [4.69, 9.17) is 33.9 Å². The first-order chi connectivity index (χ1) is 16.2. The van der Waals surface area contributed by atoms with E-state index in [9.17, 15) is 9.18 Å². The summed E-state index contributed by atoms with van der Waals surface area (Å²) >= 11 is 12.2. The van der Waals surface area contributed by atoms with Crippen LogP contribution in [0, 0.1) is 11.2 Å². The van der Waals surface area contributed by atoms with E-state index in [2.05, 4.69) is 20.6 Å². The first kappa shape index (κ1) is 23.1. The second-order valence-electron chi connectivity index (χ2n) is 9.51. The van der Waals surface area contributed by atoms with Crippen LogP contribution in [0.2, 0.25) is 10.0 Å². The van der Waals surface area contributed by atoms with Gasteiger partial charge in [0.05, 0.1) is 16.9 Å². The summed E-state index contributed by atoms with van der Waals surface area (Å²) in [6.45, 7) is 1.91. The lowest BCUT2D eigenvalue weighted by Crippen LogP contribution is -2.38. The number of halogens is 3. The molecule has 2 heterocycles. The number of hydrogen-bond donors (Lipinski definition) is 3. The van der Waals surface area contributed by atoms with E-state index in [0.29, 0.717) is 54.8 Å². The van der Waals surface area contributed by atoms with Gasteiger partial charge in [-0.3, -0.25) is 9.36 Å². The molecule has 2 fully saturated rings. The number of nitrogens with one attached hydrogen (secondary N) is 2. The van der Waals surface area contributed by atoms with Crippen molar-refractivity contribution in [3.05, 3.63) is 34.2 Å². The van der Waals surface area contributed by atoms with Gasteiger partial charge in [0.1, 0.15) is 11.3 Å². The predicted octanol–water partition coefficient (Wildman–Crippen LogP) is 5.59. The van der Waals surface area contributed by atoms with Gasteiger partial charge >= 0.3 is 0 Å². The Morgan fingerprint density at radius 2 is 1.94 bits per heavy atom. The summed E-state index contributed by atoms with van der Waals surface area (Å²) in [5, 5.41) is 6.78. The molecular formula is C23H26Cl2FN7O. The van der Waals surface area contributed by atoms with Crippen molar-refractivity contribution in [2.24, 2.45) is 11.1 Å². The molecule has 1 aromatic carbocycles. The largest absolute Gasteiger partial charge is 0.369 e. The van der Waals surface area contributed by atoms with Gasteiger partial charge in [-0.15, -0.1) is 0 Å². The van der Waals surface area contributed by atoms with E-state index in [1.807, 2.05) is 11.5 Å². The number of nitrogens with two attached hydrogens (primary N) is 1. The fourth-order valence-corrected chi connectivity index (χ4v) is 5.16. The van der Waals surface area contributed by atoms with Gasteiger partial charge in [0.25, 0.3) is 0 Å². The fraction of sp³-hybridized carbons (Fsp3) is 0.478. The van der Waals surface area contributed by atoms with Crippen LogP contribution in [0.1, 0.15) is 57.9 Å². The molecule has 0 saturated heterocycles. The SMILES string of the molecule is CC1(C(N)=O)CCC(n2c(Nc3c(F)cc(Cl)cc3Cl)nc3cnc(NC4CCC4)nc32)CC1. The molecule has 2 saturated carbocycles. The molecule has 0 unspecified atom stereocenters. The van der Waals surface area contributed by atoms with E-state index in [0.717, 1.165) is 12.8 Å². The van der Waals surface area contributed by atoms with E-state index < -0.39 is 11.2 Å². The molecule has 180 valence electrons. The van der Waals surface area contributed by atoms with Crippen molar-refractivity contribution in [3.63, 3.8) is 0 Å². The van der Waals surface area contributed by atoms with Crippen LogP contribution >= 0.6 is 23.2 Å². The highest BCUT2D eigenvalue weighted by Crippen LogP contribution is 2.43. The van der Waals surface area contributed by atoms with Gasteiger partial charge < -0.3 is 16.4 Å². The molecule has 0 bridgehead atoms. The summed E-state index contributed by atoms with van der Waals surface area (Å²) in [5.74, 6) is 0.0721. The van der Waals surface area contributed by atoms with Crippen LogP contribution in [0.4, 0.5) is 22.0 Å². The molecule has 11 heteroatoms. The Hall–Kier alpha value is -2.65. The second kappa shape index (κ2) is 8.85. The number of nitrogens with zero attached hydrogens (tertiary/aromatic N) is 4. The molecule has 2 aliphatic carbocycles. The van der Waals surface area contributed by atoms with E-state index in [1.54, 1.807) is 6.20 Å². The summed E-state index contributed by atoms with van der Waals surface area (Å²) in [7, 11) is 0. The molecule has 0 aliphatic heterocycles. The third-order valence-corrected chi connectivity index (χ3v) is 7.65. The standard InChI is InChI=1S/C23H26Cl2FN7O/c1-23(20(27)34)7-5-14(6-8-23)33-19-17(11-28-21(32-19)29-13-3-2-4-13)30-22(33)31-18-15(25)9-12(24)10-16(18)26/h9-11,13-14H,2-8H2,1H3,(H2,27,34)(H,30,31)(H,28,29,32). The molecular weight excluding hydrogens is 480 g/mol. The Morgan fingerprint density at radius 1 is 1.21 bits per heavy atom. The lowest BCUT2D eigenvalue weighted by Gasteiger charge is -2.35. The van der Waals surface area contributed by atoms with Crippen molar-refractivity contribution in [2.45, 2.75) is 64.0 Å². The summed E-state index contributed by atoms with van der Waals surface area (Å²) in [6, 6.07) is 3.03. The quantitative estimate of drug-likeness (QED) is 0.402. The van der Waals surface area contributed by atoms with Gasteiger partial charge in [-0.25, -0.2) is 14.4 Å². The average Bonchev–Trinajstić information content (AvgIpc) is 3.11. The third-order valence-electron chi connectivity index (χ3n) is 7.13. The average molecular weight is 506 g/mol. The van der Waals surface area contributed by atoms with Gasteiger partial charge in [0.15, 0.2) is 5.65 Å². The first-order valence-corrected chi connectivity index (χ1v) is 12.2. The van der Waals surface area contributed by atoms with Crippen molar-refractivity contribution >= 4 is 57.9 Å². The number of fused-ring (bicyclic) bond motifs is 1. The third kappa shape index (κ3) is 4.27. The monoisotopic (exact) mass is 505 g/mol. The maximum Gasteiger partial charge on any atom is 0.224 e. The number of aromatic nitrogens is 4. The Labute approximate surface area is 206 Å². The zero-order chi connectivity index (χ0) is 24.0. The number of primary amides is 1. The zero-order valence-corrected chi connectivity index (χ0v) is 20.3. The predicted molar refractivity (Wildman–Crippen MR) is 131 cm³/mol. The van der Waals surface area contributed by atoms with Crippen molar-refractivity contribution in [3.8, 4) is 0 Å². The van der Waals surface area contributed by atoms with Gasteiger partial charge in [-0.1, -0.05) is 30.1 Å². The van der Waals surface area contributed by atoms with Crippen molar-refractivity contribution in [1.82, 2.24) is 19.5 Å². The van der Waals surface area contributed by atoms with Gasteiger partial charge in [-0.05, 0) is 57.1 Å². The summed E-state index contributed by atoms with van der Waals surface area (Å²) in [6.07, 6.45) is 7.73. The highest BCUT2D eigenvalue weighted by Gasteiger charge is 2.38.